The van der Waals surface area contributed by atoms with Gasteiger partial charge in [-0.05, 0) is 24.3 Å². The lowest BCUT2D eigenvalue weighted by Crippen LogP contribution is -2.27. The minimum absolute atomic E-state index is 0.0877. The topological polar surface area (TPSA) is 74.9 Å². The molecular formula is C19H16N2O4S. The Balaban J connectivity index is 1.54. The van der Waals surface area contributed by atoms with Crippen LogP contribution in [0.1, 0.15) is 6.42 Å². The van der Waals surface area contributed by atoms with Gasteiger partial charge in [-0.15, -0.1) is 4.73 Å². The molecule has 2 N–H and O–H groups in total. The van der Waals surface area contributed by atoms with Crippen molar-refractivity contribution in [1.82, 2.24) is 4.73 Å². The first-order valence-corrected chi connectivity index (χ1v) is 8.89. The van der Waals surface area contributed by atoms with Crippen molar-refractivity contribution < 1.29 is 19.8 Å². The van der Waals surface area contributed by atoms with E-state index in [2.05, 4.69) is 17.0 Å². The van der Waals surface area contributed by atoms with Crippen molar-refractivity contribution in [3.8, 4) is 11.8 Å². The molecule has 0 amide bonds. The quantitative estimate of drug-likeness (QED) is 0.734. The van der Waals surface area contributed by atoms with Crippen LogP contribution in [-0.4, -0.2) is 27.5 Å². The number of hydrogen-bond donors (Lipinski definition) is 2. The fourth-order valence-electron chi connectivity index (χ4n) is 2.87. The van der Waals surface area contributed by atoms with Crippen LogP contribution in [0.5, 0.6) is 11.8 Å². The number of aromatic hydroxyl groups is 2. The van der Waals surface area contributed by atoms with Crippen molar-refractivity contribution in [2.24, 2.45) is 0 Å². The Kier molecular flexibility index (Phi) is 4.22. The predicted molar refractivity (Wildman–Crippen MR) is 98.0 cm³/mol. The van der Waals surface area contributed by atoms with E-state index in [0.29, 0.717) is 11.3 Å². The lowest BCUT2D eigenvalue weighted by Gasteiger charge is -2.32. The highest BCUT2D eigenvalue weighted by molar-refractivity contribution is 7.99. The van der Waals surface area contributed by atoms with Gasteiger partial charge in [-0.2, -0.15) is 0 Å². The zero-order valence-corrected chi connectivity index (χ0v) is 14.5. The highest BCUT2D eigenvalue weighted by atomic mass is 32.2. The van der Waals surface area contributed by atoms with E-state index < -0.39 is 5.97 Å². The number of benzene rings is 2. The molecule has 0 atom stereocenters. The molecule has 0 saturated heterocycles. The normalized spacial score (nSPS) is 12.4. The molecule has 1 aliphatic heterocycles. The summed E-state index contributed by atoms with van der Waals surface area (Å²) < 4.78 is 0.705. The van der Waals surface area contributed by atoms with Crippen LogP contribution < -0.4 is 9.74 Å². The first kappa shape index (κ1) is 16.4. The van der Waals surface area contributed by atoms with Crippen molar-refractivity contribution in [2.75, 3.05) is 11.4 Å². The summed E-state index contributed by atoms with van der Waals surface area (Å²) in [5, 5.41) is 19.1. The van der Waals surface area contributed by atoms with E-state index in [0.717, 1.165) is 21.2 Å². The summed E-state index contributed by atoms with van der Waals surface area (Å²) in [5.74, 6) is -1.22. The second kappa shape index (κ2) is 6.68. The molecule has 1 aliphatic rings. The fraction of sp³-hybridized carbons (Fsp3) is 0.105. The van der Waals surface area contributed by atoms with Gasteiger partial charge in [0.05, 0.1) is 17.8 Å². The molecule has 0 spiro atoms. The molecule has 132 valence electrons. The van der Waals surface area contributed by atoms with Crippen LogP contribution >= 0.6 is 11.8 Å². The second-order valence-electron chi connectivity index (χ2n) is 5.75. The van der Waals surface area contributed by atoms with Gasteiger partial charge in [0.2, 0.25) is 11.8 Å². The van der Waals surface area contributed by atoms with E-state index in [1.54, 1.807) is 11.8 Å². The molecule has 2 aromatic carbocycles. The standard InChI is InChI=1S/C19H16N2O4S/c22-17-9-10-18(23)21(17)25-19(24)11-12-20-13-5-1-3-7-15(13)26-16-8-4-2-6-14(16)20/h1-10,22-23H,11-12H2. The molecular weight excluding hydrogens is 352 g/mol. The summed E-state index contributed by atoms with van der Waals surface area (Å²) >= 11 is 1.70. The van der Waals surface area contributed by atoms with E-state index >= 15 is 0 Å². The Morgan fingerprint density at radius 2 is 1.42 bits per heavy atom. The Bertz CT molecular complexity index is 905. The van der Waals surface area contributed by atoms with Crippen LogP contribution in [0, 0.1) is 0 Å². The van der Waals surface area contributed by atoms with E-state index in [-0.39, 0.29) is 18.2 Å². The van der Waals surface area contributed by atoms with Gasteiger partial charge in [0.1, 0.15) is 0 Å². The lowest BCUT2D eigenvalue weighted by atomic mass is 10.2. The number of rotatable bonds is 4. The summed E-state index contributed by atoms with van der Waals surface area (Å²) in [7, 11) is 0. The maximum Gasteiger partial charge on any atom is 0.335 e. The first-order valence-electron chi connectivity index (χ1n) is 8.08. The average Bonchev–Trinajstić information content (AvgIpc) is 2.97. The lowest BCUT2D eigenvalue weighted by molar-refractivity contribution is -0.145. The number of hydrogen-bond acceptors (Lipinski definition) is 6. The zero-order valence-electron chi connectivity index (χ0n) is 13.7. The highest BCUT2D eigenvalue weighted by Crippen LogP contribution is 2.47. The summed E-state index contributed by atoms with van der Waals surface area (Å²) in [6.07, 6.45) is 0.0877. The predicted octanol–water partition coefficient (Wildman–Crippen LogP) is 3.55. The van der Waals surface area contributed by atoms with Crippen molar-refractivity contribution in [3.63, 3.8) is 0 Å². The van der Waals surface area contributed by atoms with E-state index in [1.165, 1.54) is 12.1 Å². The van der Waals surface area contributed by atoms with Crippen LogP contribution in [-0.2, 0) is 4.79 Å². The van der Waals surface area contributed by atoms with Gasteiger partial charge in [-0.3, -0.25) is 0 Å². The number of anilines is 2. The molecule has 0 unspecified atom stereocenters. The van der Waals surface area contributed by atoms with Crippen LogP contribution in [0.15, 0.2) is 70.5 Å². The Hall–Kier alpha value is -3.06. The van der Waals surface area contributed by atoms with Crippen molar-refractivity contribution in [3.05, 3.63) is 60.7 Å². The third-order valence-electron chi connectivity index (χ3n) is 4.06. The van der Waals surface area contributed by atoms with Gasteiger partial charge in [0.15, 0.2) is 0 Å². The molecule has 1 aromatic heterocycles. The number of carbonyl (C=O) groups excluding carboxylic acids is 1. The fourth-order valence-corrected chi connectivity index (χ4v) is 3.96. The summed E-state index contributed by atoms with van der Waals surface area (Å²) in [5.41, 5.74) is 2.08. The number of carbonyl (C=O) groups is 1. The molecule has 0 fully saturated rings. The highest BCUT2D eigenvalue weighted by Gasteiger charge is 2.23. The minimum Gasteiger partial charge on any atom is -0.492 e. The minimum atomic E-state index is -0.556. The maximum absolute atomic E-state index is 12.2. The molecule has 7 heteroatoms. The van der Waals surface area contributed by atoms with Gasteiger partial charge in [0, 0.05) is 28.5 Å². The SMILES string of the molecule is O=C(CCN1c2ccccc2Sc2ccccc21)On1c(O)ccc1O. The largest absolute Gasteiger partial charge is 0.492 e. The van der Waals surface area contributed by atoms with Gasteiger partial charge in [0.25, 0.3) is 0 Å². The van der Waals surface area contributed by atoms with Crippen LogP contribution in [0.4, 0.5) is 11.4 Å². The number of aromatic nitrogens is 1. The molecule has 0 aliphatic carbocycles. The molecule has 2 heterocycles. The monoisotopic (exact) mass is 368 g/mol. The third-order valence-corrected chi connectivity index (χ3v) is 5.19. The summed E-state index contributed by atoms with van der Waals surface area (Å²) in [4.78, 5) is 21.5. The van der Waals surface area contributed by atoms with Crippen LogP contribution in [0.3, 0.4) is 0 Å². The zero-order chi connectivity index (χ0) is 18.1. The molecule has 0 radical (unpaired) electrons. The van der Waals surface area contributed by atoms with Crippen LogP contribution in [0.25, 0.3) is 0 Å². The summed E-state index contributed by atoms with van der Waals surface area (Å²) in [6, 6.07) is 18.6. The van der Waals surface area contributed by atoms with Crippen molar-refractivity contribution >= 4 is 29.1 Å². The molecule has 0 bridgehead atoms. The van der Waals surface area contributed by atoms with Gasteiger partial charge in [-0.1, -0.05) is 36.0 Å². The second-order valence-corrected chi connectivity index (χ2v) is 6.83. The van der Waals surface area contributed by atoms with E-state index in [4.69, 9.17) is 4.84 Å². The first-order chi connectivity index (χ1) is 12.6. The smallest absolute Gasteiger partial charge is 0.335 e. The number of fused-ring (bicyclic) bond motifs is 2. The Morgan fingerprint density at radius 1 is 0.885 bits per heavy atom. The molecule has 6 nitrogen and oxygen atoms in total. The third kappa shape index (κ3) is 2.97. The van der Waals surface area contributed by atoms with Gasteiger partial charge < -0.3 is 20.0 Å². The molecule has 0 saturated carbocycles. The molecule has 26 heavy (non-hydrogen) atoms. The van der Waals surface area contributed by atoms with E-state index in [9.17, 15) is 15.0 Å². The Labute approximate surface area is 154 Å². The number of nitrogens with zero attached hydrogens (tertiary/aromatic N) is 2. The molecule has 3 aromatic rings. The number of para-hydroxylation sites is 2. The van der Waals surface area contributed by atoms with Gasteiger partial charge >= 0.3 is 5.97 Å². The summed E-state index contributed by atoms with van der Waals surface area (Å²) in [6.45, 7) is 0.413. The van der Waals surface area contributed by atoms with Gasteiger partial charge in [-0.25, -0.2) is 4.79 Å². The van der Waals surface area contributed by atoms with Crippen LogP contribution in [0.2, 0.25) is 0 Å². The van der Waals surface area contributed by atoms with Crippen molar-refractivity contribution in [2.45, 2.75) is 16.2 Å². The maximum atomic E-state index is 12.2. The van der Waals surface area contributed by atoms with Crippen molar-refractivity contribution in [1.29, 1.82) is 0 Å². The molecule has 4 rings (SSSR count). The van der Waals surface area contributed by atoms with E-state index in [1.807, 2.05) is 36.4 Å². The average molecular weight is 368 g/mol. The Morgan fingerprint density at radius 3 is 2.00 bits per heavy atom.